The Kier molecular flexibility index (Phi) is 4.89. The summed E-state index contributed by atoms with van der Waals surface area (Å²) in [6.07, 6.45) is 0.135. The van der Waals surface area contributed by atoms with Gasteiger partial charge in [0.2, 0.25) is 5.60 Å². The summed E-state index contributed by atoms with van der Waals surface area (Å²) in [6, 6.07) is 7.41. The van der Waals surface area contributed by atoms with E-state index in [-0.39, 0.29) is 24.6 Å². The number of nitrogens with zero attached hydrogens (tertiary/aromatic N) is 2. The smallest absolute Gasteiger partial charge is 0.355 e. The number of hydrogen-bond donors (Lipinski definition) is 2. The molecule has 3 N–H and O–H groups in total. The number of rotatable bonds is 4. The molecule has 0 aliphatic carbocycles. The normalized spacial score (nSPS) is 18.3. The van der Waals surface area contributed by atoms with Crippen LogP contribution >= 0.6 is 0 Å². The van der Waals surface area contributed by atoms with Crippen molar-refractivity contribution >= 4 is 34.2 Å². The average Bonchev–Trinajstić information content (AvgIpc) is 3.14. The van der Waals surface area contributed by atoms with Gasteiger partial charge in [-0.25, -0.2) is 9.78 Å². The van der Waals surface area contributed by atoms with Gasteiger partial charge in [-0.1, -0.05) is 13.0 Å². The van der Waals surface area contributed by atoms with Gasteiger partial charge in [-0.05, 0) is 38.5 Å². The molecule has 2 aromatic heterocycles. The minimum atomic E-state index is -1.67. The van der Waals surface area contributed by atoms with Gasteiger partial charge in [0.1, 0.15) is 6.61 Å². The van der Waals surface area contributed by atoms with E-state index >= 15 is 0 Å². The number of ether oxygens (including phenoxy) is 2. The van der Waals surface area contributed by atoms with E-state index in [1.807, 2.05) is 32.0 Å². The predicted molar refractivity (Wildman–Crippen MR) is 127 cm³/mol. The molecule has 5 rings (SSSR count). The lowest BCUT2D eigenvalue weighted by Crippen LogP contribution is -2.47. The van der Waals surface area contributed by atoms with Crippen molar-refractivity contribution in [3.8, 4) is 11.4 Å². The highest BCUT2D eigenvalue weighted by Crippen LogP contribution is 2.44. The van der Waals surface area contributed by atoms with Crippen molar-refractivity contribution in [1.29, 1.82) is 0 Å². The van der Waals surface area contributed by atoms with E-state index in [0.29, 0.717) is 40.3 Å². The Labute approximate surface area is 195 Å². The molecule has 0 saturated heterocycles. The Morgan fingerprint density at radius 2 is 2.09 bits per heavy atom. The fourth-order valence-corrected chi connectivity index (χ4v) is 5.01. The van der Waals surface area contributed by atoms with Crippen molar-refractivity contribution in [2.75, 3.05) is 11.1 Å². The first-order chi connectivity index (χ1) is 16.2. The number of cyclic esters (lactones) is 1. The third-order valence-corrected chi connectivity index (χ3v) is 6.46. The highest BCUT2D eigenvalue weighted by atomic mass is 16.6. The van der Waals surface area contributed by atoms with Crippen molar-refractivity contribution in [2.45, 2.75) is 58.9 Å². The highest BCUT2D eigenvalue weighted by molar-refractivity contribution is 6.04. The van der Waals surface area contributed by atoms with E-state index in [1.54, 1.807) is 17.6 Å². The van der Waals surface area contributed by atoms with Crippen molar-refractivity contribution in [1.82, 2.24) is 9.55 Å². The second-order valence-corrected chi connectivity index (χ2v) is 9.02. The van der Waals surface area contributed by atoms with Crippen LogP contribution in [0.2, 0.25) is 0 Å². The summed E-state index contributed by atoms with van der Waals surface area (Å²) in [5, 5.41) is 4.30. The number of benzene rings is 1. The number of hydrogen-bond acceptors (Lipinski definition) is 8. The molecule has 176 valence electrons. The summed E-state index contributed by atoms with van der Waals surface area (Å²) in [6.45, 7) is 7.13. The Bertz CT molecular complexity index is 1440. The molecule has 9 heteroatoms. The van der Waals surface area contributed by atoms with Gasteiger partial charge in [0.05, 0.1) is 34.7 Å². The van der Waals surface area contributed by atoms with Gasteiger partial charge in [-0.15, -0.1) is 0 Å². The number of nitrogen functional groups attached to an aromatic ring is 1. The molecule has 2 aliphatic rings. The largest absolute Gasteiger partial charge is 0.457 e. The van der Waals surface area contributed by atoms with Gasteiger partial charge in [0.25, 0.3) is 5.56 Å². The Balaban J connectivity index is 1.82. The van der Waals surface area contributed by atoms with Crippen LogP contribution in [0.15, 0.2) is 29.1 Å². The second-order valence-electron chi connectivity index (χ2n) is 9.02. The van der Waals surface area contributed by atoms with E-state index in [0.717, 1.165) is 16.6 Å². The van der Waals surface area contributed by atoms with Crippen LogP contribution in [0.3, 0.4) is 0 Å². The lowest BCUT2D eigenvalue weighted by atomic mass is 9.85. The highest BCUT2D eigenvalue weighted by Gasteiger charge is 2.50. The fourth-order valence-electron chi connectivity index (χ4n) is 5.01. The van der Waals surface area contributed by atoms with Crippen LogP contribution < -0.4 is 16.6 Å². The number of nitrogens with two attached hydrogens (primary N) is 1. The third-order valence-electron chi connectivity index (χ3n) is 6.46. The van der Waals surface area contributed by atoms with Crippen LogP contribution in [0.1, 0.15) is 50.8 Å². The van der Waals surface area contributed by atoms with Crippen LogP contribution in [-0.4, -0.2) is 27.5 Å². The topological polar surface area (TPSA) is 126 Å². The van der Waals surface area contributed by atoms with Gasteiger partial charge in [0.15, 0.2) is 0 Å². The molecule has 1 atom stereocenters. The summed E-state index contributed by atoms with van der Waals surface area (Å²) in [7, 11) is 0. The van der Waals surface area contributed by atoms with E-state index < -0.39 is 17.5 Å². The molecule has 3 aromatic rings. The molecule has 0 fully saturated rings. The summed E-state index contributed by atoms with van der Waals surface area (Å²) >= 11 is 0. The van der Waals surface area contributed by atoms with Crippen LogP contribution in [0.5, 0.6) is 0 Å². The third kappa shape index (κ3) is 2.99. The number of pyridine rings is 2. The van der Waals surface area contributed by atoms with Gasteiger partial charge in [-0.3, -0.25) is 9.59 Å². The molecule has 2 aliphatic heterocycles. The molecule has 0 bridgehead atoms. The molecule has 0 saturated carbocycles. The number of carbonyl (C=O) groups is 2. The summed E-state index contributed by atoms with van der Waals surface area (Å²) < 4.78 is 12.5. The quantitative estimate of drug-likeness (QED) is 0.350. The van der Waals surface area contributed by atoms with Crippen LogP contribution in [0, 0.1) is 0 Å². The van der Waals surface area contributed by atoms with Gasteiger partial charge < -0.3 is 25.1 Å². The molecular formula is C25H26N4O5. The Hall–Kier alpha value is -3.88. The molecule has 0 spiro atoms. The molecule has 34 heavy (non-hydrogen) atoms. The number of anilines is 2. The van der Waals surface area contributed by atoms with E-state index in [1.165, 1.54) is 6.92 Å². The van der Waals surface area contributed by atoms with Gasteiger partial charge in [0, 0.05) is 35.2 Å². The van der Waals surface area contributed by atoms with Crippen molar-refractivity contribution in [2.24, 2.45) is 0 Å². The lowest BCUT2D eigenvalue weighted by molar-refractivity contribution is -0.188. The SMILES string of the molecule is CC[C@@]1(OC(C)=O)C(=O)OCc2c1cc1n(c2=O)Cc2c-1nc1cccc(N)c1c2NC(C)C. The number of carbonyl (C=O) groups excluding carboxylic acids is 2. The van der Waals surface area contributed by atoms with E-state index in [9.17, 15) is 14.4 Å². The maximum atomic E-state index is 13.6. The number of esters is 2. The first-order valence-corrected chi connectivity index (χ1v) is 11.3. The maximum Gasteiger partial charge on any atom is 0.355 e. The standard InChI is InChI=1S/C25H26N4O5/c1-5-25(34-13(4)30)16-9-19-21-14(10-29(19)23(31)15(16)11-33-24(25)32)22(27-12(2)3)20-17(26)7-6-8-18(20)28-21/h6-9,12H,5,10-11,26H2,1-4H3,(H,27,28)/t25-/m0/s1. The summed E-state index contributed by atoms with van der Waals surface area (Å²) in [5.74, 6) is -1.31. The molecule has 4 heterocycles. The van der Waals surface area contributed by atoms with Crippen LogP contribution in [0.4, 0.5) is 11.4 Å². The molecule has 0 radical (unpaired) electrons. The Morgan fingerprint density at radius 1 is 1.32 bits per heavy atom. The monoisotopic (exact) mass is 462 g/mol. The number of aromatic nitrogens is 2. The zero-order valence-corrected chi connectivity index (χ0v) is 19.5. The van der Waals surface area contributed by atoms with Crippen LogP contribution in [-0.2, 0) is 37.8 Å². The fraction of sp³-hybridized carbons (Fsp3) is 0.360. The molecule has 1 aromatic carbocycles. The van der Waals surface area contributed by atoms with Crippen molar-refractivity contribution in [3.05, 3.63) is 51.3 Å². The number of fused-ring (bicyclic) bond motifs is 5. The zero-order chi connectivity index (χ0) is 24.4. The minimum Gasteiger partial charge on any atom is -0.457 e. The van der Waals surface area contributed by atoms with Crippen molar-refractivity contribution < 1.29 is 19.1 Å². The molecule has 0 unspecified atom stereocenters. The van der Waals surface area contributed by atoms with Gasteiger partial charge >= 0.3 is 11.9 Å². The first kappa shape index (κ1) is 21.9. The van der Waals surface area contributed by atoms with Crippen LogP contribution in [0.25, 0.3) is 22.3 Å². The molecule has 9 nitrogen and oxygen atoms in total. The summed E-state index contributed by atoms with van der Waals surface area (Å²) in [5.41, 5.74) is 9.20. The average molecular weight is 463 g/mol. The van der Waals surface area contributed by atoms with Crippen molar-refractivity contribution in [3.63, 3.8) is 0 Å². The Morgan fingerprint density at radius 3 is 2.76 bits per heavy atom. The lowest BCUT2D eigenvalue weighted by Gasteiger charge is -2.35. The van der Waals surface area contributed by atoms with E-state index in [4.69, 9.17) is 20.2 Å². The zero-order valence-electron chi connectivity index (χ0n) is 19.5. The minimum absolute atomic E-state index is 0.116. The first-order valence-electron chi connectivity index (χ1n) is 11.3. The molecular weight excluding hydrogens is 436 g/mol. The number of nitrogens with one attached hydrogen (secondary N) is 1. The van der Waals surface area contributed by atoms with E-state index in [2.05, 4.69) is 5.32 Å². The van der Waals surface area contributed by atoms with Gasteiger partial charge in [-0.2, -0.15) is 0 Å². The second kappa shape index (κ2) is 7.58. The predicted octanol–water partition coefficient (Wildman–Crippen LogP) is 3.05. The maximum absolute atomic E-state index is 13.6. The molecule has 0 amide bonds. The summed E-state index contributed by atoms with van der Waals surface area (Å²) in [4.78, 5) is 43.3.